The quantitative estimate of drug-likeness (QED) is 0.0613. The number of hydrogen-bond acceptors (Lipinski definition) is 17. The number of benzene rings is 2. The van der Waals surface area contributed by atoms with E-state index in [1.807, 2.05) is 30.0 Å². The number of piperazine rings is 1. The smallest absolute Gasteiger partial charge is 0.324 e. The van der Waals surface area contributed by atoms with Crippen molar-refractivity contribution in [1.82, 2.24) is 40.3 Å². The summed E-state index contributed by atoms with van der Waals surface area (Å²) >= 11 is 9.54. The van der Waals surface area contributed by atoms with Crippen LogP contribution in [0.2, 0.25) is 5.02 Å². The molecule has 6 N–H and O–H groups in total. The molecular formula is C54H69ClFN11O9S2. The molecule has 0 spiro atoms. The molecule has 420 valence electrons. The molecule has 1 aliphatic carbocycles. The number of aliphatic hydroxyl groups is 1. The lowest BCUT2D eigenvalue weighted by Crippen LogP contribution is -2.59. The van der Waals surface area contributed by atoms with Crippen LogP contribution >= 0.6 is 34.7 Å². The van der Waals surface area contributed by atoms with E-state index < -0.39 is 77.2 Å². The van der Waals surface area contributed by atoms with E-state index in [4.69, 9.17) is 26.8 Å². The molecule has 8 rings (SSSR count). The number of alkyl halides is 1. The van der Waals surface area contributed by atoms with E-state index in [0.717, 1.165) is 47.9 Å². The normalized spacial score (nSPS) is 20.4. The summed E-state index contributed by atoms with van der Waals surface area (Å²) in [5.41, 5.74) is 7.56. The number of carbonyl (C=O) groups is 6. The van der Waals surface area contributed by atoms with Crippen molar-refractivity contribution >= 4 is 81.7 Å². The van der Waals surface area contributed by atoms with Gasteiger partial charge in [0.05, 0.1) is 52.4 Å². The maximum atomic E-state index is 14.7. The first-order valence-corrected chi connectivity index (χ1v) is 28.2. The van der Waals surface area contributed by atoms with Crippen molar-refractivity contribution in [3.63, 3.8) is 0 Å². The van der Waals surface area contributed by atoms with E-state index in [0.29, 0.717) is 33.5 Å². The zero-order valence-electron chi connectivity index (χ0n) is 44.8. The predicted octanol–water partition coefficient (Wildman–Crippen LogP) is 4.98. The van der Waals surface area contributed by atoms with Crippen molar-refractivity contribution < 1.29 is 47.7 Å². The van der Waals surface area contributed by atoms with Crippen LogP contribution in [-0.4, -0.2) is 166 Å². The SMILES string of the molecule is COC(=O)[C@@H]1CN(C(=O)CC(=O)Nc2cccc(Sc3cnc(N4CCC(C)(CN)CC4)cn3)c2Cl)CCN1CCOc1cc(-c2scnc2C)ccc1CNC(=O)[C@@H]1C[C@@H](O)CN1C(=O)[C@@H](NC(=O)C1(F)CC1)C(C)(C)C. The minimum Gasteiger partial charge on any atom is -0.492 e. The highest BCUT2D eigenvalue weighted by atomic mass is 35.5. The topological polar surface area (TPSA) is 255 Å². The fourth-order valence-corrected chi connectivity index (χ4v) is 11.6. The fraction of sp³-hybridized carbons (Fsp3) is 0.537. The molecule has 1 saturated carbocycles. The second-order valence-electron chi connectivity index (χ2n) is 21.9. The van der Waals surface area contributed by atoms with Crippen LogP contribution in [0.4, 0.5) is 15.9 Å². The van der Waals surface area contributed by atoms with Gasteiger partial charge >= 0.3 is 5.97 Å². The zero-order valence-corrected chi connectivity index (χ0v) is 47.2. The highest BCUT2D eigenvalue weighted by molar-refractivity contribution is 7.99. The summed E-state index contributed by atoms with van der Waals surface area (Å²) in [6.07, 6.45) is 3.99. The number of β-amino-alcohol motifs (C(OH)–C–C–N with tert-alkyl or cyclic N) is 1. The molecule has 4 atom stereocenters. The van der Waals surface area contributed by atoms with Crippen molar-refractivity contribution in [1.29, 1.82) is 0 Å². The predicted molar refractivity (Wildman–Crippen MR) is 294 cm³/mol. The van der Waals surface area contributed by atoms with Crippen molar-refractivity contribution in [3.8, 4) is 16.2 Å². The third-order valence-corrected chi connectivity index (χ3v) is 17.5. The molecule has 5 amide bonds. The molecule has 3 saturated heterocycles. The molecule has 3 aliphatic heterocycles. The van der Waals surface area contributed by atoms with Crippen LogP contribution in [0, 0.1) is 17.8 Å². The van der Waals surface area contributed by atoms with Gasteiger partial charge in [-0.25, -0.2) is 19.3 Å². The van der Waals surface area contributed by atoms with E-state index in [-0.39, 0.29) is 75.6 Å². The standard InChI is InChI=1S/C54H69ClFN11O9S2/c1-32-46(77-31-61-32)33-10-11-34(25-60-48(71)37-23-35(68)28-67(37)49(72)47(52(2,3)4)63-51(74)54(56)12-13-54)39(22-33)76-21-20-64-18-19-66(29-38(64)50(73)75-6)44(70)24-42(69)62-36-8-7-9-40(45(36)55)78-43-27-58-41(26-59-43)65-16-14-53(5,30-57)15-17-65/h7-11,22,26-27,31,35,37-38,47,68H,12-21,23-25,28-30,57H2,1-6H3,(H,60,71)(H,62,69)(H,63,74)/t35-,37+,38+,47-/m1/s1. The highest BCUT2D eigenvalue weighted by Gasteiger charge is 2.53. The summed E-state index contributed by atoms with van der Waals surface area (Å²) in [6, 6.07) is 7.64. The molecule has 4 aliphatic rings. The number of nitrogens with zero attached hydrogens (tertiary/aromatic N) is 7. The zero-order chi connectivity index (χ0) is 56.1. The molecule has 5 heterocycles. The highest BCUT2D eigenvalue weighted by Crippen LogP contribution is 2.41. The van der Waals surface area contributed by atoms with Gasteiger partial charge in [0.25, 0.3) is 5.91 Å². The van der Waals surface area contributed by atoms with E-state index >= 15 is 0 Å². The Labute approximate surface area is 466 Å². The number of aryl methyl sites for hydroxylation is 1. The second-order valence-corrected chi connectivity index (χ2v) is 24.2. The van der Waals surface area contributed by atoms with Crippen LogP contribution in [0.15, 0.2) is 64.2 Å². The number of likely N-dealkylation sites (tertiary alicyclic amines) is 1. The Morgan fingerprint density at radius 3 is 2.41 bits per heavy atom. The number of aliphatic hydroxyl groups excluding tert-OH is 1. The van der Waals surface area contributed by atoms with E-state index in [9.17, 15) is 38.3 Å². The van der Waals surface area contributed by atoms with Crippen molar-refractivity contribution in [2.75, 3.05) is 76.3 Å². The van der Waals surface area contributed by atoms with Crippen LogP contribution in [0.1, 0.15) is 77.5 Å². The number of nitrogens with two attached hydrogens (primary N) is 1. The third-order valence-electron chi connectivity index (χ3n) is 15.0. The van der Waals surface area contributed by atoms with Crippen molar-refractivity contribution in [2.45, 2.75) is 120 Å². The molecule has 4 aromatic rings. The number of halogens is 2. The summed E-state index contributed by atoms with van der Waals surface area (Å²) in [5.74, 6) is -2.41. The first-order chi connectivity index (χ1) is 37.1. The average molecular weight is 1130 g/mol. The molecule has 2 aromatic carbocycles. The van der Waals surface area contributed by atoms with Gasteiger partial charge in [0.15, 0.2) is 5.67 Å². The first kappa shape index (κ1) is 58.2. The van der Waals surface area contributed by atoms with Gasteiger partial charge in [0, 0.05) is 69.2 Å². The number of nitrogens with one attached hydrogen (secondary N) is 3. The monoisotopic (exact) mass is 1130 g/mol. The number of methoxy groups -OCH3 is 1. The van der Waals surface area contributed by atoms with Crippen molar-refractivity contribution in [3.05, 3.63) is 70.6 Å². The molecule has 24 heteroatoms. The van der Waals surface area contributed by atoms with Crippen LogP contribution in [-0.2, 0) is 40.0 Å². The van der Waals surface area contributed by atoms with Gasteiger partial charge in [0.1, 0.15) is 47.7 Å². The number of carbonyl (C=O) groups excluding carboxylic acids is 6. The molecule has 0 unspecified atom stereocenters. The number of esters is 1. The van der Waals surface area contributed by atoms with Gasteiger partial charge in [-0.1, -0.05) is 69.3 Å². The summed E-state index contributed by atoms with van der Waals surface area (Å²) in [4.78, 5) is 103. The number of aromatic nitrogens is 3. The Morgan fingerprint density at radius 1 is 1.00 bits per heavy atom. The lowest BCUT2D eigenvalue weighted by molar-refractivity contribution is -0.152. The Morgan fingerprint density at radius 2 is 1.76 bits per heavy atom. The Bertz CT molecular complexity index is 2860. The summed E-state index contributed by atoms with van der Waals surface area (Å²) in [5, 5.41) is 19.9. The van der Waals surface area contributed by atoms with Gasteiger partial charge in [-0.15, -0.1) is 11.3 Å². The molecule has 78 heavy (non-hydrogen) atoms. The molecule has 2 aromatic heterocycles. The number of thiazole rings is 1. The minimum absolute atomic E-state index is 0.0244. The van der Waals surface area contributed by atoms with Gasteiger partial charge < -0.3 is 51.0 Å². The number of piperidine rings is 1. The molecule has 20 nitrogen and oxygen atoms in total. The number of amides is 5. The number of hydrogen-bond donors (Lipinski definition) is 5. The first-order valence-electron chi connectivity index (χ1n) is 26.1. The third kappa shape index (κ3) is 13.9. The number of anilines is 2. The van der Waals surface area contributed by atoms with Gasteiger partial charge in [0.2, 0.25) is 23.6 Å². The molecule has 0 radical (unpaired) electrons. The lowest BCUT2D eigenvalue weighted by atomic mass is 9.80. The molecule has 4 fully saturated rings. The van der Waals surface area contributed by atoms with Crippen LogP contribution < -0.4 is 31.3 Å². The lowest BCUT2D eigenvalue weighted by Gasteiger charge is -2.39. The molecule has 0 bridgehead atoms. The number of ether oxygens (including phenoxy) is 2. The van der Waals surface area contributed by atoms with E-state index in [1.54, 1.807) is 56.9 Å². The summed E-state index contributed by atoms with van der Waals surface area (Å²) in [6.45, 7) is 12.2. The molecular weight excluding hydrogens is 1070 g/mol. The Hall–Kier alpha value is -5.98. The van der Waals surface area contributed by atoms with E-state index in [2.05, 4.69) is 42.7 Å². The minimum atomic E-state index is -2.01. The van der Waals surface area contributed by atoms with Gasteiger partial charge in [-0.2, -0.15) is 0 Å². The van der Waals surface area contributed by atoms with Gasteiger partial charge in [-0.05, 0) is 73.7 Å². The summed E-state index contributed by atoms with van der Waals surface area (Å²) < 4.78 is 26.3. The maximum absolute atomic E-state index is 14.7. The second kappa shape index (κ2) is 24.6. The van der Waals surface area contributed by atoms with Crippen molar-refractivity contribution in [2.24, 2.45) is 16.6 Å². The van der Waals surface area contributed by atoms with E-state index in [1.165, 1.54) is 40.0 Å². The summed E-state index contributed by atoms with van der Waals surface area (Å²) in [7, 11) is 1.27. The Kier molecular flexibility index (Phi) is 18.3. The van der Waals surface area contributed by atoms with Crippen LogP contribution in [0.3, 0.4) is 0 Å². The number of rotatable bonds is 19. The maximum Gasteiger partial charge on any atom is 0.324 e. The average Bonchev–Trinajstić information content (AvgIpc) is 3.85. The van der Waals surface area contributed by atoms with Crippen LogP contribution in [0.5, 0.6) is 5.75 Å². The Balaban J connectivity index is 0.864. The van der Waals surface area contributed by atoms with Crippen LogP contribution in [0.25, 0.3) is 10.4 Å². The fourth-order valence-electron chi connectivity index (χ4n) is 9.77. The largest absolute Gasteiger partial charge is 0.492 e. The van der Waals surface area contributed by atoms with Gasteiger partial charge in [-0.3, -0.25) is 33.7 Å².